The van der Waals surface area contributed by atoms with Gasteiger partial charge in [0.25, 0.3) is 0 Å². The van der Waals surface area contributed by atoms with Crippen molar-refractivity contribution in [3.8, 4) is 11.5 Å². The maximum absolute atomic E-state index is 9.28. The van der Waals surface area contributed by atoms with E-state index >= 15 is 0 Å². The van der Waals surface area contributed by atoms with E-state index in [0.717, 1.165) is 38.4 Å². The molecule has 0 radical (unpaired) electrons. The van der Waals surface area contributed by atoms with Crippen LogP contribution in [0.2, 0.25) is 0 Å². The molecule has 2 aromatic rings. The van der Waals surface area contributed by atoms with Gasteiger partial charge < -0.3 is 15.2 Å². The van der Waals surface area contributed by atoms with Crippen LogP contribution in [0.5, 0.6) is 11.5 Å². The Bertz CT molecular complexity index is 651. The van der Waals surface area contributed by atoms with Crippen LogP contribution < -0.4 is 10.1 Å². The molecule has 1 heterocycles. The van der Waals surface area contributed by atoms with Crippen LogP contribution in [0.1, 0.15) is 36.8 Å². The molecule has 0 aliphatic carbocycles. The number of aromatic hydroxyl groups is 1. The molecule has 2 aromatic carbocycles. The van der Waals surface area contributed by atoms with Gasteiger partial charge in [0.2, 0.25) is 0 Å². The largest absolute Gasteiger partial charge is 0.508 e. The van der Waals surface area contributed by atoms with Crippen molar-refractivity contribution in [3.63, 3.8) is 0 Å². The molecule has 0 saturated carbocycles. The number of likely N-dealkylation sites (tertiary alicyclic amines) is 1. The van der Waals surface area contributed by atoms with Gasteiger partial charge in [-0.1, -0.05) is 30.7 Å². The smallest absolute Gasteiger partial charge is 0.119 e. The minimum absolute atomic E-state index is 0.310. The number of phenols is 1. The second kappa shape index (κ2) is 10.2. The average Bonchev–Trinajstić information content (AvgIpc) is 2.67. The molecule has 0 amide bonds. The third kappa shape index (κ3) is 6.36. The molecule has 0 spiro atoms. The zero-order chi connectivity index (χ0) is 18.0. The summed E-state index contributed by atoms with van der Waals surface area (Å²) in [5.74, 6) is 1.28. The fourth-order valence-electron chi connectivity index (χ4n) is 3.34. The summed E-state index contributed by atoms with van der Waals surface area (Å²) in [6.45, 7) is 5.91. The number of benzene rings is 2. The van der Waals surface area contributed by atoms with Crippen LogP contribution in [0.4, 0.5) is 0 Å². The Labute approximate surface area is 156 Å². The van der Waals surface area contributed by atoms with Gasteiger partial charge in [-0.25, -0.2) is 0 Å². The second-order valence-electron chi connectivity index (χ2n) is 7.03. The quantitative estimate of drug-likeness (QED) is 0.670. The number of piperidine rings is 1. The highest BCUT2D eigenvalue weighted by atomic mass is 16.5. The highest BCUT2D eigenvalue weighted by Crippen LogP contribution is 2.17. The van der Waals surface area contributed by atoms with Gasteiger partial charge in [-0.05, 0) is 74.3 Å². The fraction of sp³-hybridized carbons (Fsp3) is 0.455. The van der Waals surface area contributed by atoms with Crippen molar-refractivity contribution in [1.29, 1.82) is 0 Å². The van der Waals surface area contributed by atoms with Gasteiger partial charge in [0.15, 0.2) is 0 Å². The Kier molecular flexibility index (Phi) is 7.35. The normalized spacial score (nSPS) is 15.1. The first-order valence-corrected chi connectivity index (χ1v) is 9.72. The maximum atomic E-state index is 9.28. The monoisotopic (exact) mass is 354 g/mol. The Morgan fingerprint density at radius 3 is 2.58 bits per heavy atom. The van der Waals surface area contributed by atoms with Crippen LogP contribution in [0.3, 0.4) is 0 Å². The first kappa shape index (κ1) is 18.7. The third-order valence-corrected chi connectivity index (χ3v) is 4.79. The lowest BCUT2D eigenvalue weighted by Gasteiger charge is -2.26. The number of rotatable bonds is 9. The Morgan fingerprint density at radius 2 is 1.77 bits per heavy atom. The highest BCUT2D eigenvalue weighted by molar-refractivity contribution is 5.28. The first-order valence-electron chi connectivity index (χ1n) is 9.72. The van der Waals surface area contributed by atoms with Crippen molar-refractivity contribution in [2.75, 3.05) is 26.2 Å². The molecule has 1 fully saturated rings. The lowest BCUT2D eigenvalue weighted by atomic mass is 10.1. The van der Waals surface area contributed by atoms with Gasteiger partial charge in [0, 0.05) is 13.1 Å². The lowest BCUT2D eigenvalue weighted by molar-refractivity contribution is 0.220. The molecular formula is C22H30N2O2. The molecule has 3 rings (SSSR count). The van der Waals surface area contributed by atoms with Crippen molar-refractivity contribution in [1.82, 2.24) is 10.2 Å². The fourth-order valence-corrected chi connectivity index (χ4v) is 3.34. The number of phenolic OH excluding ortho intramolecular Hbond substituents is 1. The minimum Gasteiger partial charge on any atom is -0.508 e. The summed E-state index contributed by atoms with van der Waals surface area (Å²) in [5, 5.41) is 12.7. The van der Waals surface area contributed by atoms with E-state index in [-0.39, 0.29) is 0 Å². The zero-order valence-corrected chi connectivity index (χ0v) is 15.5. The zero-order valence-electron chi connectivity index (χ0n) is 15.5. The predicted molar refractivity (Wildman–Crippen MR) is 105 cm³/mol. The van der Waals surface area contributed by atoms with Crippen molar-refractivity contribution < 1.29 is 9.84 Å². The van der Waals surface area contributed by atoms with Gasteiger partial charge >= 0.3 is 0 Å². The average molecular weight is 354 g/mol. The van der Waals surface area contributed by atoms with E-state index in [0.29, 0.717) is 5.75 Å². The van der Waals surface area contributed by atoms with Crippen LogP contribution in [-0.4, -0.2) is 36.2 Å². The Hall–Kier alpha value is -2.04. The van der Waals surface area contributed by atoms with Crippen LogP contribution in [-0.2, 0) is 13.1 Å². The van der Waals surface area contributed by atoms with Crippen LogP contribution in [0, 0.1) is 0 Å². The number of nitrogens with zero attached hydrogens (tertiary/aromatic N) is 1. The number of hydrogen-bond donors (Lipinski definition) is 2. The summed E-state index contributed by atoms with van der Waals surface area (Å²) in [6.07, 6.45) is 5.00. The first-order chi connectivity index (χ1) is 12.8. The molecule has 140 valence electrons. The summed E-state index contributed by atoms with van der Waals surface area (Å²) >= 11 is 0. The maximum Gasteiger partial charge on any atom is 0.119 e. The van der Waals surface area contributed by atoms with E-state index in [2.05, 4.69) is 28.4 Å². The highest BCUT2D eigenvalue weighted by Gasteiger charge is 2.10. The standard InChI is InChI=1S/C22H30N2O2/c25-21-10-8-19(9-11-21)17-23-12-5-15-26-22-7-4-6-20(16-22)18-24-13-2-1-3-14-24/h4,6-11,16,23,25H,1-3,5,12-15,17-18H2. The molecule has 0 unspecified atom stereocenters. The number of hydrogen-bond acceptors (Lipinski definition) is 4. The van der Waals surface area contributed by atoms with Crippen LogP contribution >= 0.6 is 0 Å². The topological polar surface area (TPSA) is 44.7 Å². The Morgan fingerprint density at radius 1 is 0.962 bits per heavy atom. The van der Waals surface area contributed by atoms with Gasteiger partial charge in [0.1, 0.15) is 11.5 Å². The minimum atomic E-state index is 0.310. The molecule has 0 bridgehead atoms. The van der Waals surface area contributed by atoms with Gasteiger partial charge in [-0.2, -0.15) is 0 Å². The summed E-state index contributed by atoms with van der Waals surface area (Å²) in [5.41, 5.74) is 2.52. The third-order valence-electron chi connectivity index (χ3n) is 4.79. The molecular weight excluding hydrogens is 324 g/mol. The molecule has 26 heavy (non-hydrogen) atoms. The SMILES string of the molecule is Oc1ccc(CNCCCOc2cccc(CN3CCCCC3)c2)cc1. The molecule has 2 N–H and O–H groups in total. The lowest BCUT2D eigenvalue weighted by Crippen LogP contribution is -2.29. The van der Waals surface area contributed by atoms with Crippen molar-refractivity contribution in [3.05, 3.63) is 59.7 Å². The van der Waals surface area contributed by atoms with E-state index in [4.69, 9.17) is 4.74 Å². The van der Waals surface area contributed by atoms with E-state index in [9.17, 15) is 5.11 Å². The van der Waals surface area contributed by atoms with Crippen LogP contribution in [0.25, 0.3) is 0 Å². The summed E-state index contributed by atoms with van der Waals surface area (Å²) in [7, 11) is 0. The molecule has 0 aromatic heterocycles. The van der Waals surface area contributed by atoms with E-state index < -0.39 is 0 Å². The molecule has 1 saturated heterocycles. The van der Waals surface area contributed by atoms with E-state index in [1.807, 2.05) is 18.2 Å². The summed E-state index contributed by atoms with van der Waals surface area (Å²) in [4.78, 5) is 2.54. The summed E-state index contributed by atoms with van der Waals surface area (Å²) < 4.78 is 5.91. The second-order valence-corrected chi connectivity index (χ2v) is 7.03. The van der Waals surface area contributed by atoms with Gasteiger partial charge in [-0.15, -0.1) is 0 Å². The predicted octanol–water partition coefficient (Wildman–Crippen LogP) is 3.94. The van der Waals surface area contributed by atoms with Crippen molar-refractivity contribution >= 4 is 0 Å². The van der Waals surface area contributed by atoms with Gasteiger partial charge in [0.05, 0.1) is 6.61 Å². The molecule has 4 nitrogen and oxygen atoms in total. The van der Waals surface area contributed by atoms with Gasteiger partial charge in [-0.3, -0.25) is 4.90 Å². The van der Waals surface area contributed by atoms with E-state index in [1.165, 1.54) is 43.5 Å². The van der Waals surface area contributed by atoms with Crippen molar-refractivity contribution in [2.24, 2.45) is 0 Å². The number of nitrogens with one attached hydrogen (secondary N) is 1. The molecule has 4 heteroatoms. The Balaban J connectivity index is 1.32. The van der Waals surface area contributed by atoms with Crippen LogP contribution in [0.15, 0.2) is 48.5 Å². The molecule has 1 aliphatic rings. The molecule has 1 aliphatic heterocycles. The number of ether oxygens (including phenoxy) is 1. The van der Waals surface area contributed by atoms with E-state index in [1.54, 1.807) is 12.1 Å². The molecule has 0 atom stereocenters. The summed E-state index contributed by atoms with van der Waals surface area (Å²) in [6, 6.07) is 15.8. The van der Waals surface area contributed by atoms with Crippen molar-refractivity contribution in [2.45, 2.75) is 38.8 Å².